The summed E-state index contributed by atoms with van der Waals surface area (Å²) < 4.78 is 21.1. The number of benzene rings is 1. The Morgan fingerprint density at radius 1 is 1.28 bits per heavy atom. The summed E-state index contributed by atoms with van der Waals surface area (Å²) in [7, 11) is 0. The largest absolute Gasteiger partial charge is 0.456 e. The van der Waals surface area contributed by atoms with Gasteiger partial charge in [-0.2, -0.15) is 14.7 Å². The summed E-state index contributed by atoms with van der Waals surface area (Å²) in [5.74, 6) is -0.996. The fraction of sp³-hybridized carbons (Fsp3) is 0.190. The molecular formula is C21H17ClFN5O3S. The quantitative estimate of drug-likeness (QED) is 0.313. The first-order valence-electron chi connectivity index (χ1n) is 9.60. The third kappa shape index (κ3) is 4.46. The zero-order chi connectivity index (χ0) is 22.8. The SMILES string of the molecule is CCc1nn2c(=O)cc(COC(=O)/C=C/c3c(C)nn(-c4ccc(F)cc4)c3Cl)nc2s1. The number of carbonyl (C=O) groups excluding carboxylic acids is 1. The Balaban J connectivity index is 1.47. The van der Waals surface area contributed by atoms with Crippen molar-refractivity contribution in [3.05, 3.63) is 79.7 Å². The Morgan fingerprint density at radius 2 is 2.03 bits per heavy atom. The average Bonchev–Trinajstić information content (AvgIpc) is 3.32. The molecule has 8 nitrogen and oxygen atoms in total. The number of aromatic nitrogens is 5. The van der Waals surface area contributed by atoms with Crippen molar-refractivity contribution in [3.63, 3.8) is 0 Å². The zero-order valence-electron chi connectivity index (χ0n) is 17.1. The Morgan fingerprint density at radius 3 is 2.75 bits per heavy atom. The van der Waals surface area contributed by atoms with Crippen LogP contribution in [0.15, 0.2) is 41.2 Å². The lowest BCUT2D eigenvalue weighted by Gasteiger charge is -2.03. The number of hydrogen-bond acceptors (Lipinski definition) is 7. The van der Waals surface area contributed by atoms with Gasteiger partial charge in [-0.1, -0.05) is 29.9 Å². The van der Waals surface area contributed by atoms with Crippen LogP contribution in [-0.4, -0.2) is 30.3 Å². The van der Waals surface area contributed by atoms with Crippen molar-refractivity contribution < 1.29 is 13.9 Å². The highest BCUT2D eigenvalue weighted by Gasteiger charge is 2.14. The molecule has 3 heterocycles. The molecule has 0 radical (unpaired) electrons. The number of hydrogen-bond donors (Lipinski definition) is 0. The van der Waals surface area contributed by atoms with Gasteiger partial charge in [-0.05, 0) is 43.7 Å². The van der Waals surface area contributed by atoms with Gasteiger partial charge in [0, 0.05) is 17.7 Å². The van der Waals surface area contributed by atoms with Gasteiger partial charge in [0.2, 0.25) is 4.96 Å². The van der Waals surface area contributed by atoms with E-state index in [1.165, 1.54) is 50.9 Å². The third-order valence-corrected chi connectivity index (χ3v) is 5.93. The number of ether oxygens (including phenoxy) is 1. The van der Waals surface area contributed by atoms with Crippen LogP contribution in [0, 0.1) is 12.7 Å². The highest BCUT2D eigenvalue weighted by Crippen LogP contribution is 2.25. The van der Waals surface area contributed by atoms with Crippen LogP contribution in [0.3, 0.4) is 0 Å². The van der Waals surface area contributed by atoms with Gasteiger partial charge in [-0.15, -0.1) is 0 Å². The van der Waals surface area contributed by atoms with E-state index in [-0.39, 0.29) is 23.1 Å². The molecule has 0 atom stereocenters. The summed E-state index contributed by atoms with van der Waals surface area (Å²) in [5, 5.41) is 9.58. The molecule has 4 rings (SSSR count). The van der Waals surface area contributed by atoms with Crippen LogP contribution in [0.4, 0.5) is 4.39 Å². The molecule has 0 spiro atoms. The van der Waals surface area contributed by atoms with Crippen LogP contribution in [-0.2, 0) is 22.6 Å². The number of aryl methyl sites for hydroxylation is 2. The normalized spacial score (nSPS) is 11.5. The second-order valence-electron chi connectivity index (χ2n) is 6.75. The molecule has 164 valence electrons. The molecule has 0 saturated heterocycles. The summed E-state index contributed by atoms with van der Waals surface area (Å²) >= 11 is 7.71. The van der Waals surface area contributed by atoms with E-state index in [9.17, 15) is 14.0 Å². The van der Waals surface area contributed by atoms with Crippen LogP contribution >= 0.6 is 22.9 Å². The van der Waals surface area contributed by atoms with E-state index >= 15 is 0 Å². The van der Waals surface area contributed by atoms with Crippen LogP contribution in [0.5, 0.6) is 0 Å². The average molecular weight is 474 g/mol. The maximum atomic E-state index is 13.2. The van der Waals surface area contributed by atoms with Gasteiger partial charge in [-0.3, -0.25) is 4.79 Å². The number of nitrogens with zero attached hydrogens (tertiary/aromatic N) is 5. The standard InChI is InChI=1S/C21H17ClFN5O3S/c1-3-17-26-28-18(29)10-14(24-21(28)32-17)11-31-19(30)9-8-16-12(2)25-27(20(16)22)15-6-4-13(23)5-7-15/h4-10H,3,11H2,1-2H3/b9-8+. The number of carbonyl (C=O) groups is 1. The van der Waals surface area contributed by atoms with Gasteiger partial charge in [0.05, 0.1) is 17.1 Å². The van der Waals surface area contributed by atoms with Gasteiger partial charge in [0.25, 0.3) is 5.56 Å². The van der Waals surface area contributed by atoms with E-state index < -0.39 is 5.97 Å². The van der Waals surface area contributed by atoms with Crippen molar-refractivity contribution >= 4 is 39.9 Å². The number of esters is 1. The van der Waals surface area contributed by atoms with Gasteiger partial charge in [0.15, 0.2) is 0 Å². The summed E-state index contributed by atoms with van der Waals surface area (Å²) in [6.07, 6.45) is 3.41. The lowest BCUT2D eigenvalue weighted by atomic mass is 10.2. The second-order valence-corrected chi connectivity index (χ2v) is 8.15. The lowest BCUT2D eigenvalue weighted by Crippen LogP contribution is -2.16. The van der Waals surface area contributed by atoms with Gasteiger partial charge >= 0.3 is 5.97 Å². The minimum Gasteiger partial charge on any atom is -0.456 e. The zero-order valence-corrected chi connectivity index (χ0v) is 18.7. The molecule has 0 N–H and O–H groups in total. The van der Waals surface area contributed by atoms with Crippen molar-refractivity contribution in [1.29, 1.82) is 0 Å². The molecule has 3 aromatic heterocycles. The van der Waals surface area contributed by atoms with Crippen LogP contribution in [0.2, 0.25) is 5.15 Å². The van der Waals surface area contributed by atoms with Crippen molar-refractivity contribution in [2.45, 2.75) is 26.9 Å². The number of fused-ring (bicyclic) bond motifs is 1. The molecule has 0 unspecified atom stereocenters. The highest BCUT2D eigenvalue weighted by atomic mass is 35.5. The van der Waals surface area contributed by atoms with E-state index in [2.05, 4.69) is 15.2 Å². The molecule has 0 bridgehead atoms. The Labute approximate surface area is 190 Å². The van der Waals surface area contributed by atoms with Crippen molar-refractivity contribution in [1.82, 2.24) is 24.4 Å². The Kier molecular flexibility index (Phi) is 6.15. The van der Waals surface area contributed by atoms with E-state index in [0.717, 1.165) is 5.01 Å². The van der Waals surface area contributed by atoms with E-state index in [1.54, 1.807) is 19.1 Å². The monoisotopic (exact) mass is 473 g/mol. The van der Waals surface area contributed by atoms with Gasteiger partial charge in [0.1, 0.15) is 22.6 Å². The molecule has 4 aromatic rings. The maximum Gasteiger partial charge on any atom is 0.331 e. The summed E-state index contributed by atoms with van der Waals surface area (Å²) in [6, 6.07) is 7.00. The van der Waals surface area contributed by atoms with E-state index in [1.807, 2.05) is 6.92 Å². The van der Waals surface area contributed by atoms with E-state index in [0.29, 0.717) is 34.0 Å². The topological polar surface area (TPSA) is 91.4 Å². The smallest absolute Gasteiger partial charge is 0.331 e. The molecule has 0 fully saturated rings. The van der Waals surface area contributed by atoms with Crippen LogP contribution in [0.25, 0.3) is 16.7 Å². The first-order valence-corrected chi connectivity index (χ1v) is 10.8. The first-order chi connectivity index (χ1) is 15.4. The molecule has 32 heavy (non-hydrogen) atoms. The van der Waals surface area contributed by atoms with Crippen molar-refractivity contribution in [3.8, 4) is 5.69 Å². The van der Waals surface area contributed by atoms with Crippen molar-refractivity contribution in [2.75, 3.05) is 0 Å². The molecular weight excluding hydrogens is 457 g/mol. The fourth-order valence-electron chi connectivity index (χ4n) is 2.91. The third-order valence-electron chi connectivity index (χ3n) is 4.51. The number of halogens is 2. The summed E-state index contributed by atoms with van der Waals surface area (Å²) in [4.78, 5) is 29.1. The van der Waals surface area contributed by atoms with Gasteiger partial charge in [-0.25, -0.2) is 18.9 Å². The Hall–Kier alpha value is -3.37. The van der Waals surface area contributed by atoms with Crippen LogP contribution in [0.1, 0.15) is 28.9 Å². The number of rotatable bonds is 6. The molecule has 0 aliphatic carbocycles. The fourth-order valence-corrected chi connectivity index (χ4v) is 4.10. The summed E-state index contributed by atoms with van der Waals surface area (Å²) in [5.41, 5.74) is 1.70. The van der Waals surface area contributed by atoms with E-state index in [4.69, 9.17) is 16.3 Å². The predicted molar refractivity (Wildman–Crippen MR) is 119 cm³/mol. The maximum absolute atomic E-state index is 13.2. The van der Waals surface area contributed by atoms with Crippen molar-refractivity contribution in [2.24, 2.45) is 0 Å². The second kappa shape index (κ2) is 9.01. The molecule has 1 aromatic carbocycles. The highest BCUT2D eigenvalue weighted by molar-refractivity contribution is 7.16. The minimum atomic E-state index is -0.629. The minimum absolute atomic E-state index is 0.157. The molecule has 0 aliphatic heterocycles. The lowest BCUT2D eigenvalue weighted by molar-refractivity contribution is -0.139. The van der Waals surface area contributed by atoms with Crippen LogP contribution < -0.4 is 5.56 Å². The molecule has 0 aliphatic rings. The molecule has 0 saturated carbocycles. The van der Waals surface area contributed by atoms with Gasteiger partial charge < -0.3 is 4.74 Å². The molecule has 11 heteroatoms. The summed E-state index contributed by atoms with van der Waals surface area (Å²) in [6.45, 7) is 3.52. The predicted octanol–water partition coefficient (Wildman–Crippen LogP) is 3.76. The first kappa shape index (κ1) is 21.8. The Bertz CT molecular complexity index is 1390. The molecule has 0 amide bonds.